The minimum absolute atomic E-state index is 0.0576. The van der Waals surface area contributed by atoms with Crippen molar-refractivity contribution in [2.45, 2.75) is 19.9 Å². The van der Waals surface area contributed by atoms with Gasteiger partial charge in [0.25, 0.3) is 11.8 Å². The van der Waals surface area contributed by atoms with Crippen molar-refractivity contribution in [3.63, 3.8) is 0 Å². The van der Waals surface area contributed by atoms with Crippen LogP contribution in [0.25, 0.3) is 11.6 Å². The minimum atomic E-state index is 0.0576. The molecule has 7 nitrogen and oxygen atoms in total. The van der Waals surface area contributed by atoms with E-state index in [4.69, 9.17) is 4.52 Å². The fourth-order valence-corrected chi connectivity index (χ4v) is 3.58. The van der Waals surface area contributed by atoms with Gasteiger partial charge in [-0.05, 0) is 18.4 Å². The van der Waals surface area contributed by atoms with Gasteiger partial charge in [0.2, 0.25) is 0 Å². The SMILES string of the molecule is Cc1noc(-c2nn(C)c3c2CN(C(=O)c2cccs2)CC3)n1. The first-order valence-corrected chi connectivity index (χ1v) is 8.19. The Bertz CT molecular complexity index is 865. The van der Waals surface area contributed by atoms with Crippen LogP contribution in [0, 0.1) is 6.92 Å². The normalized spacial score (nSPS) is 14.1. The first-order chi connectivity index (χ1) is 11.1. The molecule has 3 aromatic rings. The summed E-state index contributed by atoms with van der Waals surface area (Å²) in [6.45, 7) is 2.97. The van der Waals surface area contributed by atoms with E-state index >= 15 is 0 Å². The summed E-state index contributed by atoms with van der Waals surface area (Å²) in [5, 5.41) is 10.3. The Balaban J connectivity index is 1.70. The number of amides is 1. The second-order valence-electron chi connectivity index (χ2n) is 5.50. The zero-order chi connectivity index (χ0) is 16.0. The van der Waals surface area contributed by atoms with E-state index in [0.717, 1.165) is 22.6 Å². The molecule has 0 aliphatic carbocycles. The third-order valence-electron chi connectivity index (χ3n) is 3.99. The lowest BCUT2D eigenvalue weighted by atomic mass is 10.0. The summed E-state index contributed by atoms with van der Waals surface area (Å²) in [5.74, 6) is 1.04. The summed E-state index contributed by atoms with van der Waals surface area (Å²) in [6, 6.07) is 3.75. The van der Waals surface area contributed by atoms with E-state index in [1.165, 1.54) is 11.3 Å². The second kappa shape index (κ2) is 5.31. The van der Waals surface area contributed by atoms with Gasteiger partial charge in [-0.3, -0.25) is 9.48 Å². The molecule has 4 rings (SSSR count). The lowest BCUT2D eigenvalue weighted by Crippen LogP contribution is -2.36. The van der Waals surface area contributed by atoms with E-state index in [2.05, 4.69) is 15.2 Å². The molecule has 0 N–H and O–H groups in total. The van der Waals surface area contributed by atoms with Gasteiger partial charge in [-0.25, -0.2) is 0 Å². The number of rotatable bonds is 2. The highest BCUT2D eigenvalue weighted by Crippen LogP contribution is 2.29. The maximum Gasteiger partial charge on any atom is 0.278 e. The van der Waals surface area contributed by atoms with Crippen molar-refractivity contribution in [3.8, 4) is 11.6 Å². The molecule has 8 heteroatoms. The van der Waals surface area contributed by atoms with Crippen LogP contribution in [0.5, 0.6) is 0 Å². The molecule has 23 heavy (non-hydrogen) atoms. The van der Waals surface area contributed by atoms with E-state index in [9.17, 15) is 4.79 Å². The first-order valence-electron chi connectivity index (χ1n) is 7.31. The van der Waals surface area contributed by atoms with Crippen molar-refractivity contribution in [2.75, 3.05) is 6.54 Å². The summed E-state index contributed by atoms with van der Waals surface area (Å²) in [4.78, 5) is 19.5. The fraction of sp³-hybridized carbons (Fsp3) is 0.333. The molecule has 3 aromatic heterocycles. The van der Waals surface area contributed by atoms with Gasteiger partial charge in [0, 0.05) is 31.3 Å². The summed E-state index contributed by atoms with van der Waals surface area (Å²) in [7, 11) is 1.91. The molecule has 0 radical (unpaired) electrons. The fourth-order valence-electron chi connectivity index (χ4n) is 2.89. The molecule has 1 aliphatic heterocycles. The summed E-state index contributed by atoms with van der Waals surface area (Å²) >= 11 is 1.46. The molecule has 4 heterocycles. The van der Waals surface area contributed by atoms with Gasteiger partial charge in [-0.2, -0.15) is 10.1 Å². The van der Waals surface area contributed by atoms with Gasteiger partial charge >= 0.3 is 0 Å². The Hall–Kier alpha value is -2.48. The van der Waals surface area contributed by atoms with Crippen LogP contribution >= 0.6 is 11.3 Å². The summed E-state index contributed by atoms with van der Waals surface area (Å²) < 4.78 is 7.10. The average Bonchev–Trinajstić information content (AvgIpc) is 3.27. The van der Waals surface area contributed by atoms with E-state index in [1.54, 1.807) is 6.92 Å². The molecule has 0 atom stereocenters. The van der Waals surface area contributed by atoms with Gasteiger partial charge in [-0.1, -0.05) is 11.2 Å². The van der Waals surface area contributed by atoms with Gasteiger partial charge in [0.1, 0.15) is 0 Å². The van der Waals surface area contributed by atoms with E-state index < -0.39 is 0 Å². The molecule has 0 saturated heterocycles. The van der Waals surface area contributed by atoms with Crippen molar-refractivity contribution >= 4 is 17.2 Å². The molecule has 1 aliphatic rings. The number of aromatic nitrogens is 4. The van der Waals surface area contributed by atoms with Crippen LogP contribution in [0.3, 0.4) is 0 Å². The minimum Gasteiger partial charge on any atom is -0.333 e. The van der Waals surface area contributed by atoms with E-state index in [0.29, 0.717) is 30.5 Å². The maximum atomic E-state index is 12.6. The molecular weight excluding hydrogens is 314 g/mol. The van der Waals surface area contributed by atoms with Crippen LogP contribution in [0.2, 0.25) is 0 Å². The Morgan fingerprint density at radius 1 is 1.43 bits per heavy atom. The quantitative estimate of drug-likeness (QED) is 0.719. The third-order valence-corrected chi connectivity index (χ3v) is 4.85. The zero-order valence-electron chi connectivity index (χ0n) is 12.8. The van der Waals surface area contributed by atoms with Crippen molar-refractivity contribution < 1.29 is 9.32 Å². The van der Waals surface area contributed by atoms with Gasteiger partial charge in [0.05, 0.1) is 11.4 Å². The highest BCUT2D eigenvalue weighted by atomic mass is 32.1. The lowest BCUT2D eigenvalue weighted by Gasteiger charge is -2.27. The summed E-state index contributed by atoms with van der Waals surface area (Å²) in [5.41, 5.74) is 2.78. The number of nitrogens with zero attached hydrogens (tertiary/aromatic N) is 5. The van der Waals surface area contributed by atoms with Gasteiger partial charge in [-0.15, -0.1) is 11.3 Å². The monoisotopic (exact) mass is 329 g/mol. The van der Waals surface area contributed by atoms with Crippen LogP contribution in [-0.4, -0.2) is 37.3 Å². The zero-order valence-corrected chi connectivity index (χ0v) is 13.6. The predicted octanol–water partition coefficient (Wildman–Crippen LogP) is 2.04. The highest BCUT2D eigenvalue weighted by Gasteiger charge is 2.29. The van der Waals surface area contributed by atoms with Crippen LogP contribution in [0.1, 0.15) is 26.8 Å². The number of carbonyl (C=O) groups is 1. The molecule has 1 amide bonds. The van der Waals surface area contributed by atoms with Crippen molar-refractivity contribution in [3.05, 3.63) is 39.5 Å². The number of fused-ring (bicyclic) bond motifs is 1. The van der Waals surface area contributed by atoms with Crippen molar-refractivity contribution in [1.82, 2.24) is 24.8 Å². The maximum absolute atomic E-state index is 12.6. The Morgan fingerprint density at radius 3 is 3.00 bits per heavy atom. The predicted molar refractivity (Wildman–Crippen MR) is 84.0 cm³/mol. The van der Waals surface area contributed by atoms with Crippen molar-refractivity contribution in [2.24, 2.45) is 7.05 Å². The highest BCUT2D eigenvalue weighted by molar-refractivity contribution is 7.12. The van der Waals surface area contributed by atoms with Crippen LogP contribution < -0.4 is 0 Å². The standard InChI is InChI=1S/C15H15N5O2S/c1-9-16-14(22-18-9)13-10-8-20(6-5-11(10)19(2)17-13)15(21)12-4-3-7-23-12/h3-4,7H,5-6,8H2,1-2H3. The third kappa shape index (κ3) is 2.35. The van der Waals surface area contributed by atoms with Crippen molar-refractivity contribution in [1.29, 1.82) is 0 Å². The van der Waals surface area contributed by atoms with Gasteiger partial charge < -0.3 is 9.42 Å². The Kier molecular flexibility index (Phi) is 3.26. The number of carbonyl (C=O) groups excluding carboxylic acids is 1. The lowest BCUT2D eigenvalue weighted by molar-refractivity contribution is 0.0738. The number of hydrogen-bond donors (Lipinski definition) is 0. The topological polar surface area (TPSA) is 77.0 Å². The first kappa shape index (κ1) is 14.1. The molecule has 0 saturated carbocycles. The number of hydrogen-bond acceptors (Lipinski definition) is 6. The van der Waals surface area contributed by atoms with E-state index in [-0.39, 0.29) is 5.91 Å². The molecule has 0 spiro atoms. The number of aryl methyl sites for hydroxylation is 2. The largest absolute Gasteiger partial charge is 0.333 e. The van der Waals surface area contributed by atoms with Crippen LogP contribution in [0.4, 0.5) is 0 Å². The summed E-state index contributed by atoms with van der Waals surface area (Å²) in [6.07, 6.45) is 0.767. The molecule has 0 unspecified atom stereocenters. The average molecular weight is 329 g/mol. The molecule has 118 valence electrons. The van der Waals surface area contributed by atoms with Gasteiger partial charge in [0.15, 0.2) is 11.5 Å². The molecule has 0 fully saturated rings. The molecule has 0 aromatic carbocycles. The number of thiophene rings is 1. The molecule has 0 bridgehead atoms. The van der Waals surface area contributed by atoms with Crippen LogP contribution in [-0.2, 0) is 20.0 Å². The smallest absolute Gasteiger partial charge is 0.278 e. The van der Waals surface area contributed by atoms with E-state index in [1.807, 2.05) is 34.1 Å². The second-order valence-corrected chi connectivity index (χ2v) is 6.45. The van der Waals surface area contributed by atoms with Crippen LogP contribution in [0.15, 0.2) is 22.0 Å². The Labute approximate surface area is 136 Å². The Morgan fingerprint density at radius 2 is 2.30 bits per heavy atom. The molecular formula is C15H15N5O2S.